The van der Waals surface area contributed by atoms with Gasteiger partial charge in [-0.3, -0.25) is 0 Å². The molecule has 5 heteroatoms. The van der Waals surface area contributed by atoms with Gasteiger partial charge in [-0.2, -0.15) is 0 Å². The Kier molecular flexibility index (Phi) is 3.85. The highest BCUT2D eigenvalue weighted by Crippen LogP contribution is 2.23. The second-order valence-corrected chi connectivity index (χ2v) is 4.22. The summed E-state index contributed by atoms with van der Waals surface area (Å²) in [6.07, 6.45) is 4.32. The van der Waals surface area contributed by atoms with Crippen molar-refractivity contribution in [1.29, 1.82) is 0 Å². The minimum Gasteiger partial charge on any atom is -0.396 e. The van der Waals surface area contributed by atoms with Gasteiger partial charge in [0.25, 0.3) is 0 Å². The molecule has 0 saturated heterocycles. The van der Waals surface area contributed by atoms with Crippen LogP contribution in [0.5, 0.6) is 0 Å². The number of nitrogens with zero attached hydrogens (tertiary/aromatic N) is 2. The minimum atomic E-state index is 0.181. The van der Waals surface area contributed by atoms with Crippen molar-refractivity contribution in [3.8, 4) is 10.4 Å². The zero-order valence-electron chi connectivity index (χ0n) is 8.76. The van der Waals surface area contributed by atoms with E-state index in [-0.39, 0.29) is 6.61 Å². The predicted octanol–water partition coefficient (Wildman–Crippen LogP) is 2.00. The molecule has 0 spiro atoms. The summed E-state index contributed by atoms with van der Waals surface area (Å²) in [5.74, 6) is 0.605. The van der Waals surface area contributed by atoms with Gasteiger partial charge in [0.1, 0.15) is 0 Å². The summed E-state index contributed by atoms with van der Waals surface area (Å²) in [4.78, 5) is 9.59. The maximum Gasteiger partial charge on any atom is 0.222 e. The quantitative estimate of drug-likeness (QED) is 0.778. The lowest BCUT2D eigenvalue weighted by molar-refractivity contribution is 0.292. The number of rotatable bonds is 5. The average Bonchev–Trinajstić information content (AvgIpc) is 2.84. The van der Waals surface area contributed by atoms with Crippen LogP contribution in [0.1, 0.15) is 6.42 Å². The molecule has 0 aliphatic rings. The largest absolute Gasteiger partial charge is 0.396 e. The molecule has 0 saturated carbocycles. The maximum atomic E-state index is 8.63. The van der Waals surface area contributed by atoms with Crippen LogP contribution in [0.25, 0.3) is 10.4 Å². The number of thiophene rings is 1. The Morgan fingerprint density at radius 1 is 1.31 bits per heavy atom. The van der Waals surface area contributed by atoms with Crippen LogP contribution in [0.15, 0.2) is 29.9 Å². The highest BCUT2D eigenvalue weighted by atomic mass is 32.1. The van der Waals surface area contributed by atoms with E-state index in [4.69, 9.17) is 5.11 Å². The first-order chi connectivity index (χ1) is 7.90. The van der Waals surface area contributed by atoms with Gasteiger partial charge in [0.2, 0.25) is 5.95 Å². The smallest absolute Gasteiger partial charge is 0.222 e. The van der Waals surface area contributed by atoms with E-state index in [2.05, 4.69) is 15.3 Å². The van der Waals surface area contributed by atoms with Crippen LogP contribution in [-0.2, 0) is 0 Å². The standard InChI is InChI=1S/C11H13N3OS/c15-5-2-4-12-11-13-7-9(8-14-11)10-3-1-6-16-10/h1,3,6-8,15H,2,4-5H2,(H,12,13,14). The molecule has 0 radical (unpaired) electrons. The molecule has 0 bridgehead atoms. The first-order valence-electron chi connectivity index (χ1n) is 5.11. The molecule has 84 valence electrons. The number of nitrogens with one attached hydrogen (secondary N) is 1. The van der Waals surface area contributed by atoms with Crippen molar-refractivity contribution in [3.05, 3.63) is 29.9 Å². The Morgan fingerprint density at radius 3 is 2.75 bits per heavy atom. The van der Waals surface area contributed by atoms with Gasteiger partial charge in [-0.1, -0.05) is 6.07 Å². The third kappa shape index (κ3) is 2.77. The molecular formula is C11H13N3OS. The van der Waals surface area contributed by atoms with Crippen molar-refractivity contribution in [1.82, 2.24) is 9.97 Å². The van der Waals surface area contributed by atoms with Crippen LogP contribution in [0.3, 0.4) is 0 Å². The molecule has 2 rings (SSSR count). The molecular weight excluding hydrogens is 222 g/mol. The van der Waals surface area contributed by atoms with Crippen molar-refractivity contribution in [2.24, 2.45) is 0 Å². The van der Waals surface area contributed by atoms with Gasteiger partial charge >= 0.3 is 0 Å². The topological polar surface area (TPSA) is 58.0 Å². The third-order valence-electron chi connectivity index (χ3n) is 2.08. The van der Waals surface area contributed by atoms with E-state index < -0.39 is 0 Å². The van der Waals surface area contributed by atoms with Gasteiger partial charge in [0.15, 0.2) is 0 Å². The Morgan fingerprint density at radius 2 is 2.12 bits per heavy atom. The number of anilines is 1. The lowest BCUT2D eigenvalue weighted by atomic mass is 10.3. The van der Waals surface area contributed by atoms with Crippen molar-refractivity contribution in [3.63, 3.8) is 0 Å². The van der Waals surface area contributed by atoms with Crippen molar-refractivity contribution in [2.75, 3.05) is 18.5 Å². The summed E-state index contributed by atoms with van der Waals surface area (Å²) >= 11 is 1.67. The number of aromatic nitrogens is 2. The maximum absolute atomic E-state index is 8.63. The summed E-state index contributed by atoms with van der Waals surface area (Å²) in [6, 6.07) is 4.05. The fraction of sp³-hybridized carbons (Fsp3) is 0.273. The highest BCUT2D eigenvalue weighted by Gasteiger charge is 2.00. The Labute approximate surface area is 98.0 Å². The van der Waals surface area contributed by atoms with Crippen LogP contribution in [0.2, 0.25) is 0 Å². The normalized spacial score (nSPS) is 10.3. The van der Waals surface area contributed by atoms with Crippen LogP contribution in [0, 0.1) is 0 Å². The molecule has 0 unspecified atom stereocenters. The van der Waals surface area contributed by atoms with E-state index in [9.17, 15) is 0 Å². The number of aliphatic hydroxyl groups is 1. The van der Waals surface area contributed by atoms with Gasteiger partial charge in [-0.25, -0.2) is 9.97 Å². The Hall–Kier alpha value is -1.46. The molecule has 2 heterocycles. The summed E-state index contributed by atoms with van der Waals surface area (Å²) in [5, 5.41) is 13.7. The van der Waals surface area contributed by atoms with Gasteiger partial charge in [0, 0.05) is 36.0 Å². The zero-order valence-corrected chi connectivity index (χ0v) is 9.57. The molecule has 16 heavy (non-hydrogen) atoms. The van der Waals surface area contributed by atoms with Crippen LogP contribution in [-0.4, -0.2) is 28.2 Å². The molecule has 0 aromatic carbocycles. The Balaban J connectivity index is 2.00. The molecule has 2 N–H and O–H groups in total. The zero-order chi connectivity index (χ0) is 11.2. The van der Waals surface area contributed by atoms with E-state index in [0.717, 1.165) is 5.56 Å². The van der Waals surface area contributed by atoms with Crippen molar-refractivity contribution >= 4 is 17.3 Å². The van der Waals surface area contributed by atoms with E-state index >= 15 is 0 Å². The van der Waals surface area contributed by atoms with Crippen LogP contribution < -0.4 is 5.32 Å². The van der Waals surface area contributed by atoms with E-state index in [1.165, 1.54) is 4.88 Å². The first kappa shape index (κ1) is 11.0. The second-order valence-electron chi connectivity index (χ2n) is 3.28. The van der Waals surface area contributed by atoms with Gasteiger partial charge in [-0.05, 0) is 17.9 Å². The van der Waals surface area contributed by atoms with E-state index in [1.54, 1.807) is 23.7 Å². The monoisotopic (exact) mass is 235 g/mol. The minimum absolute atomic E-state index is 0.181. The van der Waals surface area contributed by atoms with Gasteiger partial charge < -0.3 is 10.4 Å². The lowest BCUT2D eigenvalue weighted by Crippen LogP contribution is -2.06. The predicted molar refractivity (Wildman–Crippen MR) is 65.5 cm³/mol. The molecule has 2 aromatic heterocycles. The summed E-state index contributed by atoms with van der Waals surface area (Å²) in [5.41, 5.74) is 1.03. The molecule has 0 aliphatic heterocycles. The molecule has 2 aromatic rings. The van der Waals surface area contributed by atoms with E-state index in [1.807, 2.05) is 17.5 Å². The van der Waals surface area contributed by atoms with Crippen molar-refractivity contribution < 1.29 is 5.11 Å². The molecule has 0 aliphatic carbocycles. The van der Waals surface area contributed by atoms with Crippen molar-refractivity contribution in [2.45, 2.75) is 6.42 Å². The molecule has 0 atom stereocenters. The summed E-state index contributed by atoms with van der Waals surface area (Å²) in [7, 11) is 0. The second kappa shape index (κ2) is 5.58. The van der Waals surface area contributed by atoms with E-state index in [0.29, 0.717) is 18.9 Å². The molecule has 0 fully saturated rings. The fourth-order valence-corrected chi connectivity index (χ4v) is 1.97. The molecule has 0 amide bonds. The number of hydrogen-bond donors (Lipinski definition) is 2. The number of aliphatic hydroxyl groups excluding tert-OH is 1. The van der Waals surface area contributed by atoms with Crippen LogP contribution in [0.4, 0.5) is 5.95 Å². The third-order valence-corrected chi connectivity index (χ3v) is 2.99. The van der Waals surface area contributed by atoms with Gasteiger partial charge in [0.05, 0.1) is 0 Å². The lowest BCUT2D eigenvalue weighted by Gasteiger charge is -2.03. The summed E-state index contributed by atoms with van der Waals surface area (Å²) in [6.45, 7) is 0.870. The number of hydrogen-bond acceptors (Lipinski definition) is 5. The first-order valence-corrected chi connectivity index (χ1v) is 5.99. The fourth-order valence-electron chi connectivity index (χ4n) is 1.27. The highest BCUT2D eigenvalue weighted by molar-refractivity contribution is 7.13. The molecule has 4 nitrogen and oxygen atoms in total. The summed E-state index contributed by atoms with van der Waals surface area (Å²) < 4.78 is 0. The van der Waals surface area contributed by atoms with Crippen LogP contribution >= 0.6 is 11.3 Å². The van der Waals surface area contributed by atoms with Gasteiger partial charge in [-0.15, -0.1) is 11.3 Å². The average molecular weight is 235 g/mol. The SMILES string of the molecule is OCCCNc1ncc(-c2cccs2)cn1. The Bertz CT molecular complexity index is 413.